The number of nitrogens with zero attached hydrogens (tertiary/aromatic N) is 2. The molecule has 0 aliphatic carbocycles. The molecule has 0 saturated carbocycles. The van der Waals surface area contributed by atoms with E-state index in [1.54, 1.807) is 6.20 Å². The van der Waals surface area contributed by atoms with Gasteiger partial charge in [0.05, 0.1) is 23.0 Å². The van der Waals surface area contributed by atoms with Gasteiger partial charge in [-0.3, -0.25) is 4.68 Å². The Morgan fingerprint density at radius 2 is 2.26 bits per heavy atom. The molecule has 0 aliphatic heterocycles. The van der Waals surface area contributed by atoms with E-state index in [0.717, 1.165) is 22.3 Å². The predicted molar refractivity (Wildman–Crippen MR) is 90.7 cm³/mol. The van der Waals surface area contributed by atoms with E-state index in [1.807, 2.05) is 11.7 Å². The number of aryl methyl sites for hydroxylation is 1. The summed E-state index contributed by atoms with van der Waals surface area (Å²) in [6.07, 6.45) is 1.70. The first-order chi connectivity index (χ1) is 9.08. The molecule has 1 aromatic carbocycles. The molecule has 102 valence electrons. The Bertz CT molecular complexity index is 585. The van der Waals surface area contributed by atoms with E-state index in [-0.39, 0.29) is 6.04 Å². The Kier molecular flexibility index (Phi) is 5.28. The number of nitrogens with one attached hydrogen (secondary N) is 1. The van der Waals surface area contributed by atoms with E-state index in [2.05, 4.69) is 74.1 Å². The van der Waals surface area contributed by atoms with Crippen LogP contribution in [0.3, 0.4) is 0 Å². The van der Waals surface area contributed by atoms with Crippen molar-refractivity contribution in [3.8, 4) is 0 Å². The number of halogens is 3. The molecule has 0 bridgehead atoms. The van der Waals surface area contributed by atoms with Gasteiger partial charge in [0.25, 0.3) is 0 Å². The largest absolute Gasteiger partial charge is 0.308 e. The van der Waals surface area contributed by atoms with Gasteiger partial charge >= 0.3 is 0 Å². The van der Waals surface area contributed by atoms with Gasteiger partial charge < -0.3 is 5.32 Å². The van der Waals surface area contributed by atoms with Crippen LogP contribution in [0.2, 0.25) is 5.02 Å². The van der Waals surface area contributed by atoms with E-state index in [1.165, 1.54) is 3.57 Å². The molecule has 1 N–H and O–H groups in total. The Balaban J connectivity index is 2.56. The Hall–Kier alpha value is -0.110. The number of aromatic nitrogens is 2. The minimum atomic E-state index is 0.0130. The van der Waals surface area contributed by atoms with Crippen molar-refractivity contribution >= 4 is 50.1 Å². The highest BCUT2D eigenvalue weighted by molar-refractivity contribution is 14.1. The standard InChI is InChI=1S/C13H14BrClIN3/c1-3-19-13(11(15)7-18-19)12(17-2)9-6-8(16)4-5-10(9)14/h4-7,12,17H,3H2,1-2H3. The monoisotopic (exact) mass is 453 g/mol. The summed E-state index contributed by atoms with van der Waals surface area (Å²) < 4.78 is 4.18. The smallest absolute Gasteiger partial charge is 0.0837 e. The van der Waals surface area contributed by atoms with E-state index < -0.39 is 0 Å². The first kappa shape index (κ1) is 15.3. The summed E-state index contributed by atoms with van der Waals surface area (Å²) in [7, 11) is 1.93. The number of rotatable bonds is 4. The predicted octanol–water partition coefficient (Wildman–Crippen LogP) is 4.23. The molecule has 6 heteroatoms. The molecule has 1 unspecified atom stereocenters. The second-order valence-corrected chi connectivity index (χ2v) is 6.59. The topological polar surface area (TPSA) is 29.9 Å². The second-order valence-electron chi connectivity index (χ2n) is 4.08. The zero-order valence-electron chi connectivity index (χ0n) is 10.6. The lowest BCUT2D eigenvalue weighted by Gasteiger charge is -2.20. The van der Waals surface area contributed by atoms with Gasteiger partial charge in [0.15, 0.2) is 0 Å². The fraction of sp³-hybridized carbons (Fsp3) is 0.308. The quantitative estimate of drug-likeness (QED) is 0.701. The number of hydrogen-bond donors (Lipinski definition) is 1. The average Bonchev–Trinajstić information content (AvgIpc) is 2.76. The molecule has 3 nitrogen and oxygen atoms in total. The SMILES string of the molecule is CCn1ncc(Cl)c1C(NC)c1cc(I)ccc1Br. The minimum Gasteiger partial charge on any atom is -0.308 e. The van der Waals surface area contributed by atoms with Crippen LogP contribution in [0, 0.1) is 3.57 Å². The molecule has 2 aromatic rings. The third kappa shape index (κ3) is 3.15. The average molecular weight is 455 g/mol. The zero-order chi connectivity index (χ0) is 14.0. The summed E-state index contributed by atoms with van der Waals surface area (Å²) in [6, 6.07) is 6.29. The van der Waals surface area contributed by atoms with Gasteiger partial charge in [0.1, 0.15) is 0 Å². The van der Waals surface area contributed by atoms with Gasteiger partial charge in [-0.05, 0) is 60.3 Å². The first-order valence-electron chi connectivity index (χ1n) is 5.91. The molecule has 0 aliphatic rings. The molecule has 0 amide bonds. The van der Waals surface area contributed by atoms with Gasteiger partial charge in [0, 0.05) is 14.6 Å². The molecule has 1 heterocycles. The van der Waals surface area contributed by atoms with Gasteiger partial charge in [0.2, 0.25) is 0 Å². The summed E-state index contributed by atoms with van der Waals surface area (Å²) in [5.74, 6) is 0. The summed E-state index contributed by atoms with van der Waals surface area (Å²) >= 11 is 12.2. The molecule has 0 saturated heterocycles. The number of hydrogen-bond acceptors (Lipinski definition) is 2. The normalized spacial score (nSPS) is 12.7. The van der Waals surface area contributed by atoms with Crippen LogP contribution in [-0.2, 0) is 6.54 Å². The maximum atomic E-state index is 6.30. The summed E-state index contributed by atoms with van der Waals surface area (Å²) in [5.41, 5.74) is 2.15. The van der Waals surface area contributed by atoms with Gasteiger partial charge in [-0.1, -0.05) is 27.5 Å². The van der Waals surface area contributed by atoms with Gasteiger partial charge in [-0.15, -0.1) is 0 Å². The summed E-state index contributed by atoms with van der Waals surface area (Å²) in [4.78, 5) is 0. The van der Waals surface area contributed by atoms with Crippen molar-refractivity contribution in [3.63, 3.8) is 0 Å². The van der Waals surface area contributed by atoms with Crippen LogP contribution in [0.15, 0.2) is 28.9 Å². The number of benzene rings is 1. The van der Waals surface area contributed by atoms with Crippen molar-refractivity contribution in [1.82, 2.24) is 15.1 Å². The van der Waals surface area contributed by atoms with Crippen LogP contribution in [0.1, 0.15) is 24.2 Å². The molecule has 0 spiro atoms. The maximum absolute atomic E-state index is 6.30. The third-order valence-corrected chi connectivity index (χ3v) is 4.65. The highest BCUT2D eigenvalue weighted by Gasteiger charge is 2.22. The lowest BCUT2D eigenvalue weighted by molar-refractivity contribution is 0.562. The van der Waals surface area contributed by atoms with Crippen LogP contribution in [0.4, 0.5) is 0 Å². The summed E-state index contributed by atoms with van der Waals surface area (Å²) in [5, 5.41) is 8.32. The molecule has 2 rings (SSSR count). The Morgan fingerprint density at radius 3 is 2.89 bits per heavy atom. The van der Waals surface area contributed by atoms with Crippen molar-refractivity contribution in [2.45, 2.75) is 19.5 Å². The van der Waals surface area contributed by atoms with E-state index in [9.17, 15) is 0 Å². The van der Waals surface area contributed by atoms with E-state index in [0.29, 0.717) is 5.02 Å². The third-order valence-electron chi connectivity index (χ3n) is 2.96. The highest BCUT2D eigenvalue weighted by Crippen LogP contribution is 2.33. The molecule has 19 heavy (non-hydrogen) atoms. The van der Waals surface area contributed by atoms with Crippen molar-refractivity contribution < 1.29 is 0 Å². The summed E-state index contributed by atoms with van der Waals surface area (Å²) in [6.45, 7) is 2.85. The van der Waals surface area contributed by atoms with Crippen LogP contribution >= 0.6 is 50.1 Å². The molecule has 1 aromatic heterocycles. The molecular formula is C13H14BrClIN3. The Labute approximate surface area is 140 Å². The van der Waals surface area contributed by atoms with Crippen LogP contribution in [0.5, 0.6) is 0 Å². The minimum absolute atomic E-state index is 0.0130. The molecular weight excluding hydrogens is 440 g/mol. The fourth-order valence-corrected chi connectivity index (χ4v) is 3.33. The van der Waals surface area contributed by atoms with Crippen molar-refractivity contribution in [1.29, 1.82) is 0 Å². The Morgan fingerprint density at radius 1 is 1.53 bits per heavy atom. The maximum Gasteiger partial charge on any atom is 0.0837 e. The highest BCUT2D eigenvalue weighted by atomic mass is 127. The van der Waals surface area contributed by atoms with Crippen molar-refractivity contribution in [3.05, 3.63) is 48.7 Å². The van der Waals surface area contributed by atoms with Crippen molar-refractivity contribution in [2.24, 2.45) is 0 Å². The van der Waals surface area contributed by atoms with Gasteiger partial charge in [-0.25, -0.2) is 0 Å². The molecule has 0 fully saturated rings. The van der Waals surface area contributed by atoms with Gasteiger partial charge in [-0.2, -0.15) is 5.10 Å². The van der Waals surface area contributed by atoms with Crippen LogP contribution < -0.4 is 5.32 Å². The lowest BCUT2D eigenvalue weighted by atomic mass is 10.0. The van der Waals surface area contributed by atoms with Crippen LogP contribution in [0.25, 0.3) is 0 Å². The lowest BCUT2D eigenvalue weighted by Crippen LogP contribution is -2.22. The molecule has 1 atom stereocenters. The van der Waals surface area contributed by atoms with Crippen molar-refractivity contribution in [2.75, 3.05) is 7.05 Å². The van der Waals surface area contributed by atoms with Crippen LogP contribution in [-0.4, -0.2) is 16.8 Å². The second kappa shape index (κ2) is 6.56. The molecule has 0 radical (unpaired) electrons. The van der Waals surface area contributed by atoms with E-state index in [4.69, 9.17) is 11.6 Å². The zero-order valence-corrected chi connectivity index (χ0v) is 15.1. The van der Waals surface area contributed by atoms with E-state index >= 15 is 0 Å². The first-order valence-corrected chi connectivity index (χ1v) is 8.16. The fourth-order valence-electron chi connectivity index (χ4n) is 2.09.